The smallest absolute Gasteiger partial charge is 0.0253 e. The summed E-state index contributed by atoms with van der Waals surface area (Å²) in [5, 5.41) is 3.73. The molecule has 2 aliphatic rings. The fraction of sp³-hybridized carbons (Fsp3) is 0.667. The molecule has 2 heteroatoms. The van der Waals surface area contributed by atoms with Gasteiger partial charge in [0.05, 0.1) is 0 Å². The Hall–Kier alpha value is -0.860. The van der Waals surface area contributed by atoms with Gasteiger partial charge in [-0.25, -0.2) is 0 Å². The third-order valence-electron chi connectivity index (χ3n) is 5.16. The van der Waals surface area contributed by atoms with E-state index in [0.717, 1.165) is 18.5 Å². The van der Waals surface area contributed by atoms with E-state index >= 15 is 0 Å². The molecule has 20 heavy (non-hydrogen) atoms. The molecule has 0 aromatic heterocycles. The first kappa shape index (κ1) is 14.1. The number of nitrogens with zero attached hydrogens (tertiary/aromatic N) is 1. The maximum absolute atomic E-state index is 3.73. The maximum Gasteiger partial charge on any atom is 0.0253 e. The summed E-state index contributed by atoms with van der Waals surface area (Å²) in [4.78, 5) is 2.74. The zero-order valence-corrected chi connectivity index (χ0v) is 13.2. The van der Waals surface area contributed by atoms with Gasteiger partial charge in [-0.2, -0.15) is 0 Å². The number of aryl methyl sites for hydroxylation is 2. The lowest BCUT2D eigenvalue weighted by molar-refractivity contribution is 0.106. The number of benzene rings is 1. The highest BCUT2D eigenvalue weighted by Crippen LogP contribution is 2.37. The minimum atomic E-state index is 0.677. The van der Waals surface area contributed by atoms with E-state index < -0.39 is 0 Å². The predicted octanol–water partition coefficient (Wildman–Crippen LogP) is 3.27. The van der Waals surface area contributed by atoms with Crippen LogP contribution in [0.15, 0.2) is 18.2 Å². The van der Waals surface area contributed by atoms with E-state index in [1.165, 1.54) is 49.0 Å². The summed E-state index contributed by atoms with van der Waals surface area (Å²) in [5.41, 5.74) is 4.31. The molecule has 1 heterocycles. The quantitative estimate of drug-likeness (QED) is 0.905. The van der Waals surface area contributed by atoms with Gasteiger partial charge in [0.15, 0.2) is 0 Å². The monoisotopic (exact) mass is 272 g/mol. The fourth-order valence-electron chi connectivity index (χ4n) is 3.44. The molecule has 2 unspecified atom stereocenters. The Morgan fingerprint density at radius 3 is 2.65 bits per heavy atom. The van der Waals surface area contributed by atoms with Crippen LogP contribution < -0.4 is 5.32 Å². The van der Waals surface area contributed by atoms with Gasteiger partial charge in [0.2, 0.25) is 0 Å². The van der Waals surface area contributed by atoms with Gasteiger partial charge in [-0.05, 0) is 55.7 Å². The lowest BCUT2D eigenvalue weighted by Gasteiger charge is -2.40. The van der Waals surface area contributed by atoms with Crippen LogP contribution in [0.5, 0.6) is 0 Å². The molecule has 1 aliphatic heterocycles. The number of rotatable bonds is 4. The van der Waals surface area contributed by atoms with Crippen molar-refractivity contribution >= 4 is 0 Å². The van der Waals surface area contributed by atoms with E-state index in [1.54, 1.807) is 0 Å². The summed E-state index contributed by atoms with van der Waals surface area (Å²) in [7, 11) is 0. The van der Waals surface area contributed by atoms with Gasteiger partial charge in [0.25, 0.3) is 0 Å². The minimum Gasteiger partial charge on any atom is -0.311 e. The van der Waals surface area contributed by atoms with Crippen LogP contribution in [0.4, 0.5) is 0 Å². The molecule has 0 amide bonds. The van der Waals surface area contributed by atoms with E-state index in [4.69, 9.17) is 0 Å². The number of nitrogens with one attached hydrogen (secondary N) is 1. The number of piperazine rings is 1. The number of hydrogen-bond donors (Lipinski definition) is 1. The fourth-order valence-corrected chi connectivity index (χ4v) is 3.44. The summed E-state index contributed by atoms with van der Waals surface area (Å²) in [6, 6.07) is 8.41. The van der Waals surface area contributed by atoms with E-state index in [0.29, 0.717) is 6.04 Å². The molecule has 1 aromatic carbocycles. The van der Waals surface area contributed by atoms with Crippen LogP contribution in [0.2, 0.25) is 0 Å². The van der Waals surface area contributed by atoms with Crippen molar-refractivity contribution in [3.63, 3.8) is 0 Å². The van der Waals surface area contributed by atoms with Crippen LogP contribution in [0.25, 0.3) is 0 Å². The summed E-state index contributed by atoms with van der Waals surface area (Å²) in [6.07, 6.45) is 4.11. The Morgan fingerprint density at radius 2 is 2.00 bits per heavy atom. The van der Waals surface area contributed by atoms with Crippen molar-refractivity contribution in [3.05, 3.63) is 34.9 Å². The molecule has 3 rings (SSSR count). The largest absolute Gasteiger partial charge is 0.311 e. The Bertz CT molecular complexity index is 464. The van der Waals surface area contributed by atoms with E-state index in [9.17, 15) is 0 Å². The van der Waals surface area contributed by atoms with Crippen LogP contribution in [-0.2, 0) is 6.54 Å². The number of hydrogen-bond acceptors (Lipinski definition) is 2. The molecule has 110 valence electrons. The van der Waals surface area contributed by atoms with Crippen molar-refractivity contribution in [1.29, 1.82) is 0 Å². The van der Waals surface area contributed by atoms with Crippen LogP contribution in [-0.4, -0.2) is 30.1 Å². The standard InChI is InChI=1S/C18H28N2/c1-4-17-12-20(18(10-19-17)16-7-8-16)11-15-6-5-13(2)14(3)9-15/h5-6,9,16-19H,4,7-8,10-12H2,1-3H3. The molecule has 2 atom stereocenters. The van der Waals surface area contributed by atoms with Crippen molar-refractivity contribution in [2.45, 2.75) is 58.7 Å². The molecule has 0 bridgehead atoms. The van der Waals surface area contributed by atoms with Crippen molar-refractivity contribution in [2.24, 2.45) is 5.92 Å². The Balaban J connectivity index is 1.72. The maximum atomic E-state index is 3.73. The van der Waals surface area contributed by atoms with Crippen LogP contribution >= 0.6 is 0 Å². The van der Waals surface area contributed by atoms with Gasteiger partial charge in [-0.1, -0.05) is 25.1 Å². The average molecular weight is 272 g/mol. The third kappa shape index (κ3) is 3.07. The van der Waals surface area contributed by atoms with Gasteiger partial charge in [-0.15, -0.1) is 0 Å². The molecule has 1 N–H and O–H groups in total. The second-order valence-electron chi connectivity index (χ2n) is 6.77. The molecule has 0 radical (unpaired) electrons. The van der Waals surface area contributed by atoms with Crippen LogP contribution in [0.3, 0.4) is 0 Å². The Labute approximate surface area is 123 Å². The second-order valence-corrected chi connectivity index (χ2v) is 6.77. The first-order valence-electron chi connectivity index (χ1n) is 8.21. The highest BCUT2D eigenvalue weighted by atomic mass is 15.2. The van der Waals surface area contributed by atoms with E-state index in [2.05, 4.69) is 49.2 Å². The molecule has 2 nitrogen and oxygen atoms in total. The molecule has 1 saturated carbocycles. The van der Waals surface area contributed by atoms with Crippen molar-refractivity contribution in [2.75, 3.05) is 13.1 Å². The Morgan fingerprint density at radius 1 is 1.20 bits per heavy atom. The van der Waals surface area contributed by atoms with E-state index in [1.807, 2.05) is 0 Å². The molecule has 2 fully saturated rings. The lowest BCUT2D eigenvalue weighted by Crippen LogP contribution is -2.56. The first-order chi connectivity index (χ1) is 9.67. The molecule has 1 aromatic rings. The van der Waals surface area contributed by atoms with E-state index in [-0.39, 0.29) is 0 Å². The first-order valence-corrected chi connectivity index (χ1v) is 8.21. The second kappa shape index (κ2) is 5.87. The van der Waals surface area contributed by atoms with Crippen LogP contribution in [0, 0.1) is 19.8 Å². The summed E-state index contributed by atoms with van der Waals surface area (Å²) < 4.78 is 0. The van der Waals surface area contributed by atoms with Crippen molar-refractivity contribution < 1.29 is 0 Å². The predicted molar refractivity (Wildman–Crippen MR) is 84.9 cm³/mol. The molecular formula is C18H28N2. The van der Waals surface area contributed by atoms with Gasteiger partial charge in [-0.3, -0.25) is 4.90 Å². The summed E-state index contributed by atoms with van der Waals surface area (Å²) >= 11 is 0. The zero-order valence-electron chi connectivity index (χ0n) is 13.2. The third-order valence-corrected chi connectivity index (χ3v) is 5.16. The summed E-state index contributed by atoms with van der Waals surface area (Å²) in [5.74, 6) is 0.951. The Kier molecular flexibility index (Phi) is 4.13. The molecule has 0 spiro atoms. The normalized spacial score (nSPS) is 27.8. The summed E-state index contributed by atoms with van der Waals surface area (Å²) in [6.45, 7) is 10.2. The van der Waals surface area contributed by atoms with Gasteiger partial charge >= 0.3 is 0 Å². The van der Waals surface area contributed by atoms with Crippen LogP contribution in [0.1, 0.15) is 42.9 Å². The lowest BCUT2D eigenvalue weighted by atomic mass is 10.0. The highest BCUT2D eigenvalue weighted by Gasteiger charge is 2.38. The molecule has 1 saturated heterocycles. The highest BCUT2D eigenvalue weighted by molar-refractivity contribution is 5.30. The minimum absolute atomic E-state index is 0.677. The van der Waals surface area contributed by atoms with Crippen molar-refractivity contribution in [1.82, 2.24) is 10.2 Å². The SMILES string of the molecule is CCC1CN(Cc2ccc(C)c(C)c2)C(C2CC2)CN1. The van der Waals surface area contributed by atoms with Gasteiger partial charge in [0.1, 0.15) is 0 Å². The average Bonchev–Trinajstić information content (AvgIpc) is 3.27. The topological polar surface area (TPSA) is 15.3 Å². The zero-order chi connectivity index (χ0) is 14.1. The van der Waals surface area contributed by atoms with Gasteiger partial charge < -0.3 is 5.32 Å². The molecule has 1 aliphatic carbocycles. The van der Waals surface area contributed by atoms with Crippen molar-refractivity contribution in [3.8, 4) is 0 Å². The van der Waals surface area contributed by atoms with Gasteiger partial charge in [0, 0.05) is 31.7 Å². The molecular weight excluding hydrogens is 244 g/mol.